The van der Waals surface area contributed by atoms with E-state index >= 15 is 0 Å². The maximum absolute atomic E-state index is 11.3. The van der Waals surface area contributed by atoms with Crippen molar-refractivity contribution in [3.05, 3.63) is 46.1 Å². The zero-order valence-corrected chi connectivity index (χ0v) is 10.0. The summed E-state index contributed by atoms with van der Waals surface area (Å²) >= 11 is 1.54. The molecule has 6 heteroatoms. The first-order valence-corrected chi connectivity index (χ1v) is 6.12. The minimum atomic E-state index is -0.189. The predicted octanol–water partition coefficient (Wildman–Crippen LogP) is 2.34. The van der Waals surface area contributed by atoms with Gasteiger partial charge in [-0.05, 0) is 17.5 Å². The van der Waals surface area contributed by atoms with Crippen molar-refractivity contribution in [1.29, 1.82) is 0 Å². The number of thiophene rings is 1. The minimum absolute atomic E-state index is 0.189. The Balaban J connectivity index is 2.23. The van der Waals surface area contributed by atoms with Crippen LogP contribution in [0.5, 0.6) is 0 Å². The zero-order valence-electron chi connectivity index (χ0n) is 9.21. The summed E-state index contributed by atoms with van der Waals surface area (Å²) in [4.78, 5) is 15.0. The number of nitrogens with two attached hydrogens (primary N) is 1. The molecule has 90 valence electrons. The lowest BCUT2D eigenvalue weighted by molar-refractivity contribution is 0.439. The minimum Gasteiger partial charge on any atom is -0.367 e. The topological polar surface area (TPSA) is 84.9 Å². The van der Waals surface area contributed by atoms with Crippen molar-refractivity contribution in [2.75, 3.05) is 5.73 Å². The molecule has 0 saturated carbocycles. The molecule has 5 nitrogen and oxygen atoms in total. The Hall–Kier alpha value is -2.34. The molecule has 0 aliphatic heterocycles. The van der Waals surface area contributed by atoms with Crippen molar-refractivity contribution < 1.29 is 4.52 Å². The molecule has 3 aromatic rings. The number of hydrogen-bond acceptors (Lipinski definition) is 5. The standard InChI is InChI=1S/C12H9N3O2S/c13-12-10(8-4-2-6-18-8)11(15-17-12)7-3-1-5-9(16)14-7/h1-6H,13H2,(H,14,16). The van der Waals surface area contributed by atoms with Gasteiger partial charge in [-0.1, -0.05) is 17.3 Å². The quantitative estimate of drug-likeness (QED) is 0.739. The molecule has 18 heavy (non-hydrogen) atoms. The van der Waals surface area contributed by atoms with Gasteiger partial charge in [-0.15, -0.1) is 11.3 Å². The fourth-order valence-electron chi connectivity index (χ4n) is 1.73. The van der Waals surface area contributed by atoms with E-state index in [1.165, 1.54) is 17.4 Å². The van der Waals surface area contributed by atoms with Gasteiger partial charge in [-0.2, -0.15) is 0 Å². The van der Waals surface area contributed by atoms with Gasteiger partial charge in [0.2, 0.25) is 11.4 Å². The third kappa shape index (κ3) is 1.72. The summed E-state index contributed by atoms with van der Waals surface area (Å²) in [5, 5.41) is 5.86. The molecule has 0 fully saturated rings. The maximum atomic E-state index is 11.3. The van der Waals surface area contributed by atoms with Crippen molar-refractivity contribution in [3.63, 3.8) is 0 Å². The van der Waals surface area contributed by atoms with E-state index in [0.717, 1.165) is 4.88 Å². The third-order valence-electron chi connectivity index (χ3n) is 2.51. The molecule has 0 amide bonds. The number of nitrogens with one attached hydrogen (secondary N) is 1. The van der Waals surface area contributed by atoms with Crippen LogP contribution in [0.2, 0.25) is 0 Å². The second-order valence-corrected chi connectivity index (χ2v) is 4.62. The number of pyridine rings is 1. The lowest BCUT2D eigenvalue weighted by Gasteiger charge is -1.99. The van der Waals surface area contributed by atoms with Crippen molar-refractivity contribution in [2.45, 2.75) is 0 Å². The van der Waals surface area contributed by atoms with Gasteiger partial charge in [0.1, 0.15) is 5.69 Å². The number of anilines is 1. The fourth-order valence-corrected chi connectivity index (χ4v) is 2.51. The summed E-state index contributed by atoms with van der Waals surface area (Å²) in [7, 11) is 0. The van der Waals surface area contributed by atoms with Crippen LogP contribution in [0.15, 0.2) is 45.0 Å². The number of nitrogens with zero attached hydrogens (tertiary/aromatic N) is 1. The van der Waals surface area contributed by atoms with Gasteiger partial charge in [0, 0.05) is 10.9 Å². The van der Waals surface area contributed by atoms with Crippen molar-refractivity contribution in [3.8, 4) is 21.8 Å². The van der Waals surface area contributed by atoms with Crippen molar-refractivity contribution in [1.82, 2.24) is 10.1 Å². The van der Waals surface area contributed by atoms with E-state index in [9.17, 15) is 4.79 Å². The summed E-state index contributed by atoms with van der Waals surface area (Å²) in [6.45, 7) is 0. The molecule has 0 aliphatic rings. The maximum Gasteiger partial charge on any atom is 0.248 e. The van der Waals surface area contributed by atoms with Crippen LogP contribution in [0.4, 0.5) is 5.88 Å². The van der Waals surface area contributed by atoms with Crippen LogP contribution in [-0.4, -0.2) is 10.1 Å². The summed E-state index contributed by atoms with van der Waals surface area (Å²) < 4.78 is 5.03. The van der Waals surface area contributed by atoms with E-state index in [4.69, 9.17) is 10.3 Å². The van der Waals surface area contributed by atoms with Crippen molar-refractivity contribution in [2.24, 2.45) is 0 Å². The predicted molar refractivity (Wildman–Crippen MR) is 70.3 cm³/mol. The number of aromatic amines is 1. The number of aromatic nitrogens is 2. The highest BCUT2D eigenvalue weighted by molar-refractivity contribution is 7.13. The molecular weight excluding hydrogens is 250 g/mol. The van der Waals surface area contributed by atoms with Gasteiger partial charge in [0.05, 0.1) is 11.3 Å². The summed E-state index contributed by atoms with van der Waals surface area (Å²) in [6, 6.07) is 8.72. The zero-order chi connectivity index (χ0) is 12.5. The van der Waals surface area contributed by atoms with Crippen LogP contribution in [0.3, 0.4) is 0 Å². The van der Waals surface area contributed by atoms with Crippen LogP contribution < -0.4 is 11.3 Å². The van der Waals surface area contributed by atoms with Gasteiger partial charge in [-0.3, -0.25) is 4.79 Å². The molecule has 3 aromatic heterocycles. The fraction of sp³-hybridized carbons (Fsp3) is 0. The highest BCUT2D eigenvalue weighted by Gasteiger charge is 2.18. The first kappa shape index (κ1) is 10.8. The Labute approximate surface area is 106 Å². The molecule has 0 saturated heterocycles. The second kappa shape index (κ2) is 4.15. The molecule has 3 rings (SSSR count). The van der Waals surface area contributed by atoms with E-state index < -0.39 is 0 Å². The average molecular weight is 259 g/mol. The van der Waals surface area contributed by atoms with E-state index in [2.05, 4.69) is 10.1 Å². The summed E-state index contributed by atoms with van der Waals surface area (Å²) in [5.41, 5.74) is 7.46. The molecule has 0 radical (unpaired) electrons. The molecule has 0 aliphatic carbocycles. The van der Waals surface area contributed by atoms with E-state index in [0.29, 0.717) is 17.0 Å². The van der Waals surface area contributed by atoms with Crippen LogP contribution in [0.1, 0.15) is 0 Å². The van der Waals surface area contributed by atoms with E-state index in [1.54, 1.807) is 12.1 Å². The Bertz CT molecular complexity index is 728. The molecule has 0 unspecified atom stereocenters. The molecular formula is C12H9N3O2S. The van der Waals surface area contributed by atoms with Crippen LogP contribution >= 0.6 is 11.3 Å². The normalized spacial score (nSPS) is 10.7. The number of nitrogen functional groups attached to an aromatic ring is 1. The molecule has 0 spiro atoms. The van der Waals surface area contributed by atoms with Crippen LogP contribution in [-0.2, 0) is 0 Å². The van der Waals surface area contributed by atoms with E-state index in [1.807, 2.05) is 17.5 Å². The first-order chi connectivity index (χ1) is 8.75. The highest BCUT2D eigenvalue weighted by atomic mass is 32.1. The van der Waals surface area contributed by atoms with Crippen LogP contribution in [0.25, 0.3) is 21.8 Å². The SMILES string of the molecule is Nc1onc(-c2cccc(=O)[nH]2)c1-c1cccs1. The van der Waals surface area contributed by atoms with Gasteiger partial charge >= 0.3 is 0 Å². The smallest absolute Gasteiger partial charge is 0.248 e. The Morgan fingerprint density at radius 3 is 2.89 bits per heavy atom. The largest absolute Gasteiger partial charge is 0.367 e. The highest BCUT2D eigenvalue weighted by Crippen LogP contribution is 2.37. The number of rotatable bonds is 2. The molecule has 0 bridgehead atoms. The van der Waals surface area contributed by atoms with Gasteiger partial charge in [-0.25, -0.2) is 0 Å². The van der Waals surface area contributed by atoms with Gasteiger partial charge in [0.25, 0.3) is 0 Å². The third-order valence-corrected chi connectivity index (χ3v) is 3.40. The number of H-pyrrole nitrogens is 1. The molecule has 3 N–H and O–H groups in total. The van der Waals surface area contributed by atoms with Crippen molar-refractivity contribution >= 4 is 17.2 Å². The molecule has 0 aromatic carbocycles. The number of hydrogen-bond donors (Lipinski definition) is 2. The molecule has 3 heterocycles. The first-order valence-electron chi connectivity index (χ1n) is 5.24. The Kier molecular flexibility index (Phi) is 2.49. The lowest BCUT2D eigenvalue weighted by atomic mass is 10.1. The lowest BCUT2D eigenvalue weighted by Crippen LogP contribution is -2.03. The molecule has 0 atom stereocenters. The van der Waals surface area contributed by atoms with Crippen LogP contribution in [0, 0.1) is 0 Å². The summed E-state index contributed by atoms with van der Waals surface area (Å²) in [6.07, 6.45) is 0. The average Bonchev–Trinajstić information content (AvgIpc) is 2.97. The Morgan fingerprint density at radius 1 is 1.28 bits per heavy atom. The second-order valence-electron chi connectivity index (χ2n) is 3.68. The van der Waals surface area contributed by atoms with E-state index in [-0.39, 0.29) is 11.4 Å². The van der Waals surface area contributed by atoms with Gasteiger partial charge in [0.15, 0.2) is 0 Å². The monoisotopic (exact) mass is 259 g/mol. The van der Waals surface area contributed by atoms with Gasteiger partial charge < -0.3 is 15.2 Å². The summed E-state index contributed by atoms with van der Waals surface area (Å²) in [5.74, 6) is 0.247. The Morgan fingerprint density at radius 2 is 2.17 bits per heavy atom.